The molecule has 1 aliphatic carbocycles. The second-order valence-corrected chi connectivity index (χ2v) is 12.4. The van der Waals surface area contributed by atoms with E-state index in [9.17, 15) is 14.7 Å². The molecule has 0 atom stereocenters. The highest BCUT2D eigenvalue weighted by atomic mass is 35.5. The molecule has 2 N–H and O–H groups in total. The number of hydrogen-bond donors (Lipinski definition) is 2. The number of nitrogens with zero attached hydrogens (tertiary/aromatic N) is 4. The normalized spacial score (nSPS) is 21.7. The van der Waals surface area contributed by atoms with Crippen molar-refractivity contribution in [3.63, 3.8) is 0 Å². The molecule has 2 amide bonds. The highest BCUT2D eigenvalue weighted by Gasteiger charge is 2.27. The summed E-state index contributed by atoms with van der Waals surface area (Å²) in [6, 6.07) is 16.0. The Labute approximate surface area is 259 Å². The summed E-state index contributed by atoms with van der Waals surface area (Å²) in [5, 5.41) is 22.5. The van der Waals surface area contributed by atoms with E-state index in [0.717, 1.165) is 63.0 Å². The Balaban J connectivity index is 1.02. The molecule has 5 rings (SSSR count). The fourth-order valence-corrected chi connectivity index (χ4v) is 6.62. The van der Waals surface area contributed by atoms with Crippen LogP contribution in [0.1, 0.15) is 67.3 Å². The maximum Gasteiger partial charge on any atom is 0.251 e. The topological polar surface area (TPSA) is 109 Å². The Morgan fingerprint density at radius 3 is 2.30 bits per heavy atom. The van der Waals surface area contributed by atoms with Gasteiger partial charge in [-0.2, -0.15) is 5.26 Å². The monoisotopic (exact) mass is 607 g/mol. The lowest BCUT2D eigenvalue weighted by Gasteiger charge is -2.36. The first-order valence-corrected chi connectivity index (χ1v) is 15.8. The number of halogens is 1. The predicted octanol–water partition coefficient (Wildman–Crippen LogP) is 4.36. The summed E-state index contributed by atoms with van der Waals surface area (Å²) in [7, 11) is 2.06. The zero-order valence-corrected chi connectivity index (χ0v) is 25.6. The molecule has 43 heavy (non-hydrogen) atoms. The molecule has 2 aliphatic heterocycles. The van der Waals surface area contributed by atoms with Crippen molar-refractivity contribution in [3.05, 3.63) is 58.6 Å². The lowest BCUT2D eigenvalue weighted by molar-refractivity contribution is -0.140. The van der Waals surface area contributed by atoms with E-state index in [1.807, 2.05) is 36.4 Å². The lowest BCUT2D eigenvalue weighted by atomic mass is 9.90. The van der Waals surface area contributed by atoms with Gasteiger partial charge in [-0.1, -0.05) is 11.6 Å². The Kier molecular flexibility index (Phi) is 10.4. The molecular formula is C33H42ClN5O4. The molecule has 2 aromatic rings. The number of anilines is 2. The van der Waals surface area contributed by atoms with Crippen molar-refractivity contribution >= 4 is 34.8 Å². The molecule has 230 valence electrons. The van der Waals surface area contributed by atoms with Crippen molar-refractivity contribution in [1.82, 2.24) is 10.2 Å². The summed E-state index contributed by atoms with van der Waals surface area (Å²) >= 11 is 6.24. The van der Waals surface area contributed by atoms with E-state index in [1.165, 1.54) is 0 Å². The fraction of sp³-hybridized carbons (Fsp3) is 0.545. The molecule has 9 nitrogen and oxygen atoms in total. The van der Waals surface area contributed by atoms with Gasteiger partial charge in [-0.05, 0) is 93.8 Å². The minimum Gasteiger partial charge on any atom is -0.393 e. The molecule has 0 aromatic heterocycles. The Morgan fingerprint density at radius 2 is 1.67 bits per heavy atom. The Bertz CT molecular complexity index is 1290. The molecular weight excluding hydrogens is 566 g/mol. The van der Waals surface area contributed by atoms with E-state index < -0.39 is 0 Å². The van der Waals surface area contributed by atoms with Gasteiger partial charge in [0.05, 0.1) is 22.8 Å². The summed E-state index contributed by atoms with van der Waals surface area (Å²) in [5.74, 6) is -0.0285. The third-order valence-corrected chi connectivity index (χ3v) is 9.57. The van der Waals surface area contributed by atoms with Gasteiger partial charge in [-0.3, -0.25) is 9.59 Å². The molecule has 1 saturated carbocycles. The van der Waals surface area contributed by atoms with Gasteiger partial charge in [-0.15, -0.1) is 0 Å². The van der Waals surface area contributed by atoms with Crippen LogP contribution in [-0.4, -0.2) is 85.9 Å². The average molecular weight is 608 g/mol. The van der Waals surface area contributed by atoms with Gasteiger partial charge in [0.15, 0.2) is 0 Å². The van der Waals surface area contributed by atoms with E-state index in [2.05, 4.69) is 28.2 Å². The number of benzene rings is 2. The smallest absolute Gasteiger partial charge is 0.251 e. The largest absolute Gasteiger partial charge is 0.393 e. The molecule has 10 heteroatoms. The summed E-state index contributed by atoms with van der Waals surface area (Å²) < 4.78 is 5.94. The second-order valence-electron chi connectivity index (χ2n) is 12.0. The molecule has 3 fully saturated rings. The average Bonchev–Trinajstić information content (AvgIpc) is 3.04. The van der Waals surface area contributed by atoms with E-state index in [-0.39, 0.29) is 36.7 Å². The number of hydrogen-bond acceptors (Lipinski definition) is 7. The summed E-state index contributed by atoms with van der Waals surface area (Å²) in [6.07, 6.45) is 6.51. The zero-order valence-electron chi connectivity index (χ0n) is 24.9. The third-order valence-electron chi connectivity index (χ3n) is 9.26. The number of carbonyl (C=O) groups is 2. The van der Waals surface area contributed by atoms with Gasteiger partial charge in [-0.25, -0.2) is 0 Å². The van der Waals surface area contributed by atoms with Crippen LogP contribution in [0.4, 0.5) is 11.4 Å². The number of aliphatic hydroxyl groups excluding tert-OH is 1. The summed E-state index contributed by atoms with van der Waals surface area (Å²) in [4.78, 5) is 31.7. The number of ether oxygens (including phenoxy) is 1. The number of nitriles is 1. The van der Waals surface area contributed by atoms with E-state index in [0.29, 0.717) is 48.1 Å². The minimum absolute atomic E-state index is 0.0111. The number of amides is 2. The SMILES string of the molecule is CN(c1ccc(C#N)c(Cl)c1)C1CCC(NC(=O)c2ccc(N3CCC(OCC(=O)N4CCC(O)CC4)CC3)cc2)CC1. The standard InChI is InChI=1S/C33H42ClN5O4/c1-37(28-9-4-24(21-35)31(34)20-28)26-10-5-25(6-11-26)36-33(42)23-2-7-27(8-3-23)38-18-14-30(15-19-38)43-22-32(41)39-16-12-29(40)13-17-39/h2-4,7-9,20,25-26,29-30,40H,5-6,10-19,22H2,1H3,(H,36,42). The van der Waals surface area contributed by atoms with Crippen molar-refractivity contribution in [2.75, 3.05) is 49.6 Å². The summed E-state index contributed by atoms with van der Waals surface area (Å²) in [6.45, 7) is 2.99. The number of aliphatic hydroxyl groups is 1. The quantitative estimate of drug-likeness (QED) is 0.459. The molecule has 2 saturated heterocycles. The number of nitrogens with one attached hydrogen (secondary N) is 1. The number of rotatable bonds is 8. The van der Waals surface area contributed by atoms with Gasteiger partial charge < -0.3 is 29.9 Å². The third kappa shape index (κ3) is 7.99. The van der Waals surface area contributed by atoms with Gasteiger partial charge in [0.1, 0.15) is 12.7 Å². The van der Waals surface area contributed by atoms with Crippen molar-refractivity contribution in [1.29, 1.82) is 5.26 Å². The molecule has 2 heterocycles. The van der Waals surface area contributed by atoms with Crippen LogP contribution in [0.15, 0.2) is 42.5 Å². The van der Waals surface area contributed by atoms with E-state index in [4.69, 9.17) is 21.6 Å². The highest BCUT2D eigenvalue weighted by molar-refractivity contribution is 6.32. The van der Waals surface area contributed by atoms with Crippen LogP contribution in [0, 0.1) is 11.3 Å². The number of likely N-dealkylation sites (tertiary alicyclic amines) is 1. The van der Waals surface area contributed by atoms with Gasteiger partial charge in [0.2, 0.25) is 5.91 Å². The van der Waals surface area contributed by atoms with Crippen LogP contribution in [-0.2, 0) is 9.53 Å². The first kappa shape index (κ1) is 31.1. The molecule has 0 radical (unpaired) electrons. The van der Waals surface area contributed by atoms with Crippen LogP contribution in [0.3, 0.4) is 0 Å². The van der Waals surface area contributed by atoms with Crippen LogP contribution in [0.2, 0.25) is 5.02 Å². The highest BCUT2D eigenvalue weighted by Crippen LogP contribution is 2.30. The van der Waals surface area contributed by atoms with Crippen molar-refractivity contribution in [2.24, 2.45) is 0 Å². The molecule has 0 bridgehead atoms. The van der Waals surface area contributed by atoms with Crippen molar-refractivity contribution in [3.8, 4) is 6.07 Å². The van der Waals surface area contributed by atoms with Gasteiger partial charge >= 0.3 is 0 Å². The first-order chi connectivity index (χ1) is 20.8. The maximum atomic E-state index is 13.0. The van der Waals surface area contributed by atoms with E-state index in [1.54, 1.807) is 11.0 Å². The molecule has 2 aromatic carbocycles. The van der Waals surface area contributed by atoms with Crippen molar-refractivity contribution in [2.45, 2.75) is 75.7 Å². The maximum absolute atomic E-state index is 13.0. The molecule has 0 unspecified atom stereocenters. The lowest BCUT2D eigenvalue weighted by Crippen LogP contribution is -2.43. The number of carbonyl (C=O) groups excluding carboxylic acids is 2. The predicted molar refractivity (Wildman–Crippen MR) is 168 cm³/mol. The van der Waals surface area contributed by atoms with E-state index >= 15 is 0 Å². The minimum atomic E-state index is -0.292. The zero-order chi connectivity index (χ0) is 30.3. The van der Waals surface area contributed by atoms with Crippen LogP contribution in [0.25, 0.3) is 0 Å². The molecule has 3 aliphatic rings. The van der Waals surface area contributed by atoms with Crippen LogP contribution >= 0.6 is 11.6 Å². The van der Waals surface area contributed by atoms with Crippen LogP contribution < -0.4 is 15.1 Å². The van der Waals surface area contributed by atoms with Crippen LogP contribution in [0.5, 0.6) is 0 Å². The Hall–Kier alpha value is -3.32. The second kappa shape index (κ2) is 14.4. The summed E-state index contributed by atoms with van der Waals surface area (Å²) in [5.41, 5.74) is 3.23. The Morgan fingerprint density at radius 1 is 1.00 bits per heavy atom. The number of piperidine rings is 2. The van der Waals surface area contributed by atoms with Gasteiger partial charge in [0.25, 0.3) is 5.91 Å². The first-order valence-electron chi connectivity index (χ1n) is 15.5. The fourth-order valence-electron chi connectivity index (χ4n) is 6.40. The van der Waals surface area contributed by atoms with Gasteiger partial charge in [0, 0.05) is 62.2 Å². The molecule has 0 spiro atoms. The van der Waals surface area contributed by atoms with Crippen molar-refractivity contribution < 1.29 is 19.4 Å².